The molecule has 3 aromatic carbocycles. The second-order valence-electron chi connectivity index (χ2n) is 9.78. The number of nitrogens with zero attached hydrogens (tertiary/aromatic N) is 2. The molecule has 2 heterocycles. The van der Waals surface area contributed by atoms with Crippen molar-refractivity contribution in [2.45, 2.75) is 43.0 Å². The molecule has 0 unspecified atom stereocenters. The molecule has 5 aromatic rings. The Morgan fingerprint density at radius 3 is 2.51 bits per heavy atom. The zero-order chi connectivity index (χ0) is 27.0. The predicted molar refractivity (Wildman–Crippen MR) is 157 cm³/mol. The van der Waals surface area contributed by atoms with Gasteiger partial charge >= 0.3 is 10.1 Å². The average Bonchev–Trinajstić information content (AvgIpc) is 3.30. The molecular weight excluding hydrogens is 578 g/mol. The Morgan fingerprint density at radius 2 is 1.72 bits per heavy atom. The van der Waals surface area contributed by atoms with E-state index in [0.29, 0.717) is 11.8 Å². The van der Waals surface area contributed by atoms with E-state index in [1.54, 1.807) is 30.3 Å². The monoisotopic (exact) mass is 605 g/mol. The summed E-state index contributed by atoms with van der Waals surface area (Å²) in [5.74, 6) is 1.32. The molecule has 0 radical (unpaired) electrons. The van der Waals surface area contributed by atoms with Crippen LogP contribution in [0.15, 0.2) is 88.4 Å². The van der Waals surface area contributed by atoms with Crippen LogP contribution in [0.1, 0.15) is 32.1 Å². The maximum Gasteiger partial charge on any atom is 0.339 e. The standard InChI is InChI=1S/C30H28BrN3O4S/c1-37-27-18-22(12-15-26(27)38-39(35,36)25-14-11-20-7-5-6-8-21(20)17-25)29-30(32-24-9-3-2-4-10-24)34-19-23(31)13-16-28(34)33-29/h5-8,11-19,24,32H,2-4,9-10H2,1H3. The number of halogens is 1. The first-order valence-electron chi connectivity index (χ1n) is 13.0. The van der Waals surface area contributed by atoms with E-state index in [-0.39, 0.29) is 10.6 Å². The van der Waals surface area contributed by atoms with Crippen molar-refractivity contribution in [1.29, 1.82) is 0 Å². The van der Waals surface area contributed by atoms with Gasteiger partial charge in [-0.3, -0.25) is 4.40 Å². The molecule has 9 heteroatoms. The molecule has 1 aliphatic rings. The van der Waals surface area contributed by atoms with Crippen LogP contribution in [0.4, 0.5) is 5.82 Å². The highest BCUT2D eigenvalue weighted by Gasteiger charge is 2.23. The van der Waals surface area contributed by atoms with E-state index in [4.69, 9.17) is 13.9 Å². The van der Waals surface area contributed by atoms with Gasteiger partial charge in [-0.25, -0.2) is 4.98 Å². The van der Waals surface area contributed by atoms with Gasteiger partial charge in [0.15, 0.2) is 11.5 Å². The number of hydrogen-bond donors (Lipinski definition) is 1. The van der Waals surface area contributed by atoms with Gasteiger partial charge in [0, 0.05) is 22.3 Å². The van der Waals surface area contributed by atoms with E-state index < -0.39 is 10.1 Å². The summed E-state index contributed by atoms with van der Waals surface area (Å²) in [5, 5.41) is 5.51. The Morgan fingerprint density at radius 1 is 0.923 bits per heavy atom. The third-order valence-electron chi connectivity index (χ3n) is 7.17. The fourth-order valence-corrected chi connectivity index (χ4v) is 6.48. The first-order chi connectivity index (χ1) is 18.9. The summed E-state index contributed by atoms with van der Waals surface area (Å²) in [5.41, 5.74) is 2.37. The fourth-order valence-electron chi connectivity index (χ4n) is 5.17. The average molecular weight is 607 g/mol. The van der Waals surface area contributed by atoms with E-state index in [1.807, 2.05) is 48.7 Å². The highest BCUT2D eigenvalue weighted by atomic mass is 79.9. The van der Waals surface area contributed by atoms with Crippen LogP contribution in [0.25, 0.3) is 27.7 Å². The van der Waals surface area contributed by atoms with Crippen LogP contribution < -0.4 is 14.2 Å². The second-order valence-corrected chi connectivity index (χ2v) is 12.2. The lowest BCUT2D eigenvalue weighted by molar-refractivity contribution is 0.391. The lowest BCUT2D eigenvalue weighted by atomic mass is 9.95. The zero-order valence-corrected chi connectivity index (χ0v) is 23.8. The second kappa shape index (κ2) is 10.5. The number of imidazole rings is 1. The van der Waals surface area contributed by atoms with Crippen molar-refractivity contribution in [3.63, 3.8) is 0 Å². The molecule has 1 N–H and O–H groups in total. The van der Waals surface area contributed by atoms with E-state index in [1.165, 1.54) is 26.4 Å². The van der Waals surface area contributed by atoms with Crippen LogP contribution in [-0.2, 0) is 10.1 Å². The fraction of sp³-hybridized carbons (Fsp3) is 0.233. The predicted octanol–water partition coefficient (Wildman–Crippen LogP) is 7.44. The Labute approximate surface area is 236 Å². The summed E-state index contributed by atoms with van der Waals surface area (Å²) >= 11 is 3.58. The smallest absolute Gasteiger partial charge is 0.339 e. The van der Waals surface area contributed by atoms with E-state index in [0.717, 1.165) is 50.8 Å². The number of rotatable bonds is 7. The molecule has 6 rings (SSSR count). The van der Waals surface area contributed by atoms with Gasteiger partial charge < -0.3 is 14.2 Å². The normalized spacial score (nSPS) is 14.5. The summed E-state index contributed by atoms with van der Waals surface area (Å²) in [7, 11) is -2.59. The van der Waals surface area contributed by atoms with Crippen molar-refractivity contribution in [3.05, 3.63) is 83.5 Å². The highest BCUT2D eigenvalue weighted by Crippen LogP contribution is 2.38. The molecule has 0 spiro atoms. The van der Waals surface area contributed by atoms with Crippen molar-refractivity contribution in [2.24, 2.45) is 0 Å². The van der Waals surface area contributed by atoms with Crippen LogP contribution >= 0.6 is 15.9 Å². The minimum atomic E-state index is -4.08. The molecule has 0 bridgehead atoms. The third-order valence-corrected chi connectivity index (χ3v) is 8.87. The summed E-state index contributed by atoms with van der Waals surface area (Å²) in [6.45, 7) is 0. The number of hydrogen-bond acceptors (Lipinski definition) is 6. The van der Waals surface area contributed by atoms with Crippen LogP contribution in [0.3, 0.4) is 0 Å². The molecule has 1 saturated carbocycles. The van der Waals surface area contributed by atoms with Crippen LogP contribution in [0, 0.1) is 0 Å². The molecule has 0 atom stereocenters. The highest BCUT2D eigenvalue weighted by molar-refractivity contribution is 9.10. The number of nitrogens with one attached hydrogen (secondary N) is 1. The van der Waals surface area contributed by atoms with Gasteiger partial charge in [-0.05, 0) is 82.0 Å². The van der Waals surface area contributed by atoms with Crippen molar-refractivity contribution >= 4 is 48.3 Å². The van der Waals surface area contributed by atoms with Crippen LogP contribution in [0.2, 0.25) is 0 Å². The Kier molecular flexibility index (Phi) is 6.95. The number of aromatic nitrogens is 2. The molecule has 0 aliphatic heterocycles. The molecule has 0 amide bonds. The van der Waals surface area contributed by atoms with Gasteiger partial charge in [0.2, 0.25) is 0 Å². The number of ether oxygens (including phenoxy) is 1. The maximum absolute atomic E-state index is 13.2. The van der Waals surface area contributed by atoms with E-state index in [9.17, 15) is 8.42 Å². The topological polar surface area (TPSA) is 81.9 Å². The molecule has 1 fully saturated rings. The molecule has 7 nitrogen and oxygen atoms in total. The summed E-state index contributed by atoms with van der Waals surface area (Å²) in [6.07, 6.45) is 7.91. The van der Waals surface area contributed by atoms with E-state index in [2.05, 4.69) is 25.6 Å². The molecule has 39 heavy (non-hydrogen) atoms. The van der Waals surface area contributed by atoms with E-state index >= 15 is 0 Å². The number of anilines is 1. The van der Waals surface area contributed by atoms with Crippen molar-refractivity contribution in [1.82, 2.24) is 9.38 Å². The molecular formula is C30H28BrN3O4S. The van der Waals surface area contributed by atoms with Crippen LogP contribution in [0.5, 0.6) is 11.5 Å². The van der Waals surface area contributed by atoms with Gasteiger partial charge in [0.1, 0.15) is 22.1 Å². The van der Waals surface area contributed by atoms with Crippen LogP contribution in [-0.4, -0.2) is 31.0 Å². The number of methoxy groups -OCH3 is 1. The van der Waals surface area contributed by atoms with Gasteiger partial charge in [-0.15, -0.1) is 0 Å². The minimum Gasteiger partial charge on any atom is -0.493 e. The van der Waals surface area contributed by atoms with Crippen molar-refractivity contribution in [3.8, 4) is 22.8 Å². The largest absolute Gasteiger partial charge is 0.493 e. The van der Waals surface area contributed by atoms with Gasteiger partial charge in [-0.2, -0.15) is 8.42 Å². The van der Waals surface area contributed by atoms with Gasteiger partial charge in [0.05, 0.1) is 7.11 Å². The molecule has 2 aromatic heterocycles. The quantitative estimate of drug-likeness (QED) is 0.194. The van der Waals surface area contributed by atoms with Crippen molar-refractivity contribution in [2.75, 3.05) is 12.4 Å². The lowest BCUT2D eigenvalue weighted by Crippen LogP contribution is -2.23. The molecule has 1 aliphatic carbocycles. The maximum atomic E-state index is 13.2. The van der Waals surface area contributed by atoms with Gasteiger partial charge in [-0.1, -0.05) is 49.6 Å². The van der Waals surface area contributed by atoms with Crippen molar-refractivity contribution < 1.29 is 17.3 Å². The Balaban J connectivity index is 1.36. The van der Waals surface area contributed by atoms with Gasteiger partial charge in [0.25, 0.3) is 0 Å². The third kappa shape index (κ3) is 5.21. The first-order valence-corrected chi connectivity index (χ1v) is 15.2. The summed E-state index contributed by atoms with van der Waals surface area (Å²) < 4.78 is 40.5. The number of pyridine rings is 1. The number of fused-ring (bicyclic) bond motifs is 2. The minimum absolute atomic E-state index is 0.0808. The molecule has 200 valence electrons. The first kappa shape index (κ1) is 25.7. The lowest BCUT2D eigenvalue weighted by Gasteiger charge is -2.24. The summed E-state index contributed by atoms with van der Waals surface area (Å²) in [6, 6.07) is 22.0. The number of benzene rings is 3. The Bertz CT molecular complexity index is 1780. The zero-order valence-electron chi connectivity index (χ0n) is 21.4. The Hall–Kier alpha value is -3.56. The molecule has 0 saturated heterocycles. The SMILES string of the molecule is COc1cc(-c2nc3ccc(Br)cn3c2NC2CCCCC2)ccc1OS(=O)(=O)c1ccc2ccccc2c1. The summed E-state index contributed by atoms with van der Waals surface area (Å²) in [4.78, 5) is 4.99.